The standard InChI is InChI=1S/C10H20.C6H6N2O2/c1-8(2)10-6-4-9(3)5-7-10;7-5-3-1-2-4-6(5)8(9)10/h8-10H,4-7H2,1-3H3;1-4H,7H2. The van der Waals surface area contributed by atoms with E-state index >= 15 is 0 Å². The maximum absolute atomic E-state index is 10.1. The molecule has 0 spiro atoms. The number of anilines is 1. The van der Waals surface area contributed by atoms with Crippen molar-refractivity contribution in [3.8, 4) is 0 Å². The number of nitro groups is 1. The van der Waals surface area contributed by atoms with Gasteiger partial charge in [-0.3, -0.25) is 10.1 Å². The number of nitrogens with two attached hydrogens (primary N) is 1. The molecule has 2 N–H and O–H groups in total. The molecule has 1 aromatic carbocycles. The molecule has 0 aromatic heterocycles. The second kappa shape index (κ2) is 7.88. The largest absolute Gasteiger partial charge is 0.393 e. The smallest absolute Gasteiger partial charge is 0.292 e. The van der Waals surface area contributed by atoms with Crippen molar-refractivity contribution in [2.24, 2.45) is 17.8 Å². The Labute approximate surface area is 121 Å². The Bertz CT molecular complexity index is 424. The molecule has 1 aliphatic carbocycles. The molecule has 20 heavy (non-hydrogen) atoms. The Balaban J connectivity index is 0.000000200. The maximum Gasteiger partial charge on any atom is 0.292 e. The molecule has 1 aromatic rings. The van der Waals surface area contributed by atoms with Gasteiger partial charge in [-0.15, -0.1) is 0 Å². The van der Waals surface area contributed by atoms with Gasteiger partial charge in [0.05, 0.1) is 4.92 Å². The third-order valence-corrected chi connectivity index (χ3v) is 4.14. The molecular weight excluding hydrogens is 252 g/mol. The molecule has 112 valence electrons. The molecular formula is C16H26N2O2. The van der Waals surface area contributed by atoms with Crippen molar-refractivity contribution in [2.45, 2.75) is 46.5 Å². The minimum atomic E-state index is -0.505. The Kier molecular flexibility index (Phi) is 6.49. The van der Waals surface area contributed by atoms with Crippen molar-refractivity contribution < 1.29 is 4.92 Å². The van der Waals surface area contributed by atoms with Crippen LogP contribution in [-0.2, 0) is 0 Å². The highest BCUT2D eigenvalue weighted by Gasteiger charge is 2.20. The summed E-state index contributed by atoms with van der Waals surface area (Å²) in [5, 5.41) is 10.1. The van der Waals surface area contributed by atoms with E-state index in [0.29, 0.717) is 0 Å². The molecule has 0 amide bonds. The van der Waals surface area contributed by atoms with E-state index < -0.39 is 4.92 Å². The van der Waals surface area contributed by atoms with Crippen LogP contribution < -0.4 is 5.73 Å². The minimum Gasteiger partial charge on any atom is -0.393 e. The van der Waals surface area contributed by atoms with Crippen LogP contribution in [0.3, 0.4) is 0 Å². The van der Waals surface area contributed by atoms with Crippen LogP contribution in [0.15, 0.2) is 24.3 Å². The summed E-state index contributed by atoms with van der Waals surface area (Å²) >= 11 is 0. The third kappa shape index (κ3) is 5.19. The number of nitrogens with zero attached hydrogens (tertiary/aromatic N) is 1. The molecule has 4 heteroatoms. The number of benzene rings is 1. The van der Waals surface area contributed by atoms with Crippen LogP contribution in [0.5, 0.6) is 0 Å². The molecule has 2 rings (SSSR count). The first-order valence-electron chi connectivity index (χ1n) is 7.40. The summed E-state index contributed by atoms with van der Waals surface area (Å²) in [6.07, 6.45) is 5.92. The van der Waals surface area contributed by atoms with E-state index in [1.165, 1.54) is 37.8 Å². The Morgan fingerprint density at radius 2 is 1.75 bits per heavy atom. The van der Waals surface area contributed by atoms with Crippen LogP contribution >= 0.6 is 0 Å². The molecule has 4 nitrogen and oxygen atoms in total. The topological polar surface area (TPSA) is 69.2 Å². The van der Waals surface area contributed by atoms with Gasteiger partial charge in [0.15, 0.2) is 0 Å². The normalized spacial score (nSPS) is 22.0. The van der Waals surface area contributed by atoms with Gasteiger partial charge in [-0.05, 0) is 36.7 Å². The number of hydrogen-bond donors (Lipinski definition) is 1. The van der Waals surface area contributed by atoms with Gasteiger partial charge >= 0.3 is 0 Å². The van der Waals surface area contributed by atoms with Gasteiger partial charge in [0.25, 0.3) is 5.69 Å². The van der Waals surface area contributed by atoms with E-state index in [9.17, 15) is 10.1 Å². The summed E-state index contributed by atoms with van der Waals surface area (Å²) in [4.78, 5) is 9.64. The highest BCUT2D eigenvalue weighted by Crippen LogP contribution is 2.32. The lowest BCUT2D eigenvalue weighted by Crippen LogP contribution is -2.16. The number of nitrogen functional groups attached to an aromatic ring is 1. The molecule has 1 fully saturated rings. The van der Waals surface area contributed by atoms with Crippen LogP contribution in [0, 0.1) is 27.9 Å². The highest BCUT2D eigenvalue weighted by molar-refractivity contribution is 5.57. The van der Waals surface area contributed by atoms with Crippen molar-refractivity contribution in [3.05, 3.63) is 34.4 Å². The summed E-state index contributed by atoms with van der Waals surface area (Å²) < 4.78 is 0. The zero-order valence-corrected chi connectivity index (χ0v) is 12.7. The van der Waals surface area contributed by atoms with Gasteiger partial charge in [-0.2, -0.15) is 0 Å². The number of nitro benzene ring substituents is 1. The van der Waals surface area contributed by atoms with Crippen molar-refractivity contribution in [2.75, 3.05) is 5.73 Å². The Hall–Kier alpha value is -1.58. The van der Waals surface area contributed by atoms with Gasteiger partial charge in [-0.25, -0.2) is 0 Å². The second-order valence-corrected chi connectivity index (χ2v) is 6.08. The van der Waals surface area contributed by atoms with Crippen molar-refractivity contribution in [1.82, 2.24) is 0 Å². The first kappa shape index (κ1) is 16.5. The lowest BCUT2D eigenvalue weighted by molar-refractivity contribution is -0.383. The lowest BCUT2D eigenvalue weighted by atomic mass is 9.78. The molecule has 0 aliphatic heterocycles. The summed E-state index contributed by atoms with van der Waals surface area (Å²) in [6.45, 7) is 7.11. The van der Waals surface area contributed by atoms with E-state index in [-0.39, 0.29) is 11.4 Å². The first-order valence-corrected chi connectivity index (χ1v) is 7.40. The van der Waals surface area contributed by atoms with Crippen LogP contribution in [0.4, 0.5) is 11.4 Å². The monoisotopic (exact) mass is 278 g/mol. The van der Waals surface area contributed by atoms with Crippen molar-refractivity contribution in [1.29, 1.82) is 0 Å². The highest BCUT2D eigenvalue weighted by atomic mass is 16.6. The summed E-state index contributed by atoms with van der Waals surface area (Å²) in [5.74, 6) is 2.97. The van der Waals surface area contributed by atoms with Crippen LogP contribution in [-0.4, -0.2) is 4.92 Å². The fraction of sp³-hybridized carbons (Fsp3) is 0.625. The Morgan fingerprint density at radius 3 is 2.15 bits per heavy atom. The number of hydrogen-bond acceptors (Lipinski definition) is 3. The molecule has 1 aliphatic rings. The van der Waals surface area contributed by atoms with Gasteiger partial charge in [-0.1, -0.05) is 45.7 Å². The quantitative estimate of drug-likeness (QED) is 0.486. The number of rotatable bonds is 2. The molecule has 0 bridgehead atoms. The average Bonchev–Trinajstić information content (AvgIpc) is 2.40. The second-order valence-electron chi connectivity index (χ2n) is 6.08. The predicted molar refractivity (Wildman–Crippen MR) is 83.5 cm³/mol. The summed E-state index contributed by atoms with van der Waals surface area (Å²) in [7, 11) is 0. The van der Waals surface area contributed by atoms with Crippen LogP contribution in [0.2, 0.25) is 0 Å². The molecule has 0 atom stereocenters. The molecule has 1 saturated carbocycles. The van der Waals surface area contributed by atoms with E-state index in [1.807, 2.05) is 0 Å². The number of para-hydroxylation sites is 2. The summed E-state index contributed by atoms with van der Waals surface area (Å²) in [6, 6.07) is 6.10. The van der Waals surface area contributed by atoms with Crippen molar-refractivity contribution in [3.63, 3.8) is 0 Å². The van der Waals surface area contributed by atoms with E-state index in [2.05, 4.69) is 20.8 Å². The zero-order chi connectivity index (χ0) is 15.1. The van der Waals surface area contributed by atoms with E-state index in [4.69, 9.17) is 5.73 Å². The molecule has 0 heterocycles. The van der Waals surface area contributed by atoms with Crippen LogP contribution in [0.25, 0.3) is 0 Å². The van der Waals surface area contributed by atoms with Gasteiger partial charge < -0.3 is 5.73 Å². The fourth-order valence-electron chi connectivity index (χ4n) is 2.61. The fourth-order valence-corrected chi connectivity index (χ4v) is 2.61. The Morgan fingerprint density at radius 1 is 1.20 bits per heavy atom. The average molecular weight is 278 g/mol. The summed E-state index contributed by atoms with van der Waals surface area (Å²) in [5.41, 5.74) is 5.44. The molecule has 0 radical (unpaired) electrons. The minimum absolute atomic E-state index is 0.0394. The maximum atomic E-state index is 10.1. The predicted octanol–water partition coefficient (Wildman–Crippen LogP) is 4.65. The van der Waals surface area contributed by atoms with Crippen LogP contribution in [0.1, 0.15) is 46.5 Å². The lowest BCUT2D eigenvalue weighted by Gasteiger charge is -2.28. The molecule has 0 saturated heterocycles. The molecule has 0 unspecified atom stereocenters. The van der Waals surface area contributed by atoms with Crippen molar-refractivity contribution >= 4 is 11.4 Å². The van der Waals surface area contributed by atoms with E-state index in [1.54, 1.807) is 12.1 Å². The van der Waals surface area contributed by atoms with Gasteiger partial charge in [0.2, 0.25) is 0 Å². The van der Waals surface area contributed by atoms with Gasteiger partial charge in [0, 0.05) is 6.07 Å². The third-order valence-electron chi connectivity index (χ3n) is 4.14. The zero-order valence-electron chi connectivity index (χ0n) is 12.7. The van der Waals surface area contributed by atoms with E-state index in [0.717, 1.165) is 17.8 Å². The first-order chi connectivity index (χ1) is 9.41. The van der Waals surface area contributed by atoms with Gasteiger partial charge in [0.1, 0.15) is 5.69 Å². The SMILES string of the molecule is CC1CCC(C(C)C)CC1.Nc1ccccc1[N+](=O)[O-].